The normalized spacial score (nSPS) is 17.3. The first-order valence-corrected chi connectivity index (χ1v) is 4.93. The highest BCUT2D eigenvalue weighted by Crippen LogP contribution is 2.20. The summed E-state index contributed by atoms with van der Waals surface area (Å²) in [6.45, 7) is 2.00. The summed E-state index contributed by atoms with van der Waals surface area (Å²) in [7, 11) is 4.18. The van der Waals surface area contributed by atoms with E-state index in [9.17, 15) is 0 Å². The van der Waals surface area contributed by atoms with Crippen molar-refractivity contribution in [1.29, 1.82) is 0 Å². The van der Waals surface area contributed by atoms with Crippen molar-refractivity contribution in [3.63, 3.8) is 0 Å². The molecule has 0 amide bonds. The first-order valence-electron chi connectivity index (χ1n) is 4.56. The highest BCUT2D eigenvalue weighted by molar-refractivity contribution is 6.29. The van der Waals surface area contributed by atoms with E-state index in [0.29, 0.717) is 11.2 Å². The van der Waals surface area contributed by atoms with Gasteiger partial charge in [-0.05, 0) is 14.1 Å². The van der Waals surface area contributed by atoms with Crippen LogP contribution in [0.1, 0.15) is 0 Å². The number of hydrogen-bond donors (Lipinski definition) is 0. The van der Waals surface area contributed by atoms with Crippen LogP contribution in [0.3, 0.4) is 0 Å². The molecule has 1 aliphatic heterocycles. The lowest BCUT2D eigenvalue weighted by molar-refractivity contribution is 0.246. The first kappa shape index (κ1) is 9.68. The maximum atomic E-state index is 5.76. The number of aromatic nitrogens is 2. The average molecular weight is 213 g/mol. The van der Waals surface area contributed by atoms with Crippen molar-refractivity contribution in [2.24, 2.45) is 0 Å². The summed E-state index contributed by atoms with van der Waals surface area (Å²) in [6, 6.07) is 0.621. The maximum absolute atomic E-state index is 5.76. The Hall–Kier alpha value is -0.870. The molecule has 0 radical (unpaired) electrons. The number of halogens is 1. The molecule has 2 heterocycles. The van der Waals surface area contributed by atoms with Crippen molar-refractivity contribution < 1.29 is 0 Å². The van der Waals surface area contributed by atoms with E-state index in [1.54, 1.807) is 12.4 Å². The Bertz CT molecular complexity index is 322. The molecule has 0 spiro atoms. The summed E-state index contributed by atoms with van der Waals surface area (Å²) >= 11 is 5.76. The van der Waals surface area contributed by atoms with E-state index in [4.69, 9.17) is 11.6 Å². The smallest absolute Gasteiger partial charge is 0.149 e. The van der Waals surface area contributed by atoms with E-state index in [2.05, 4.69) is 33.9 Å². The topological polar surface area (TPSA) is 32.3 Å². The van der Waals surface area contributed by atoms with Crippen LogP contribution in [0.2, 0.25) is 5.15 Å². The summed E-state index contributed by atoms with van der Waals surface area (Å²) in [6.07, 6.45) is 3.30. The maximum Gasteiger partial charge on any atom is 0.149 e. The van der Waals surface area contributed by atoms with Crippen LogP contribution in [0.25, 0.3) is 0 Å². The van der Waals surface area contributed by atoms with Gasteiger partial charge in [-0.1, -0.05) is 11.6 Å². The van der Waals surface area contributed by atoms with Crippen molar-refractivity contribution in [3.8, 4) is 0 Å². The second-order valence-electron chi connectivity index (χ2n) is 3.72. The van der Waals surface area contributed by atoms with Gasteiger partial charge >= 0.3 is 0 Å². The molecule has 1 fully saturated rings. The van der Waals surface area contributed by atoms with Crippen LogP contribution in [-0.2, 0) is 0 Å². The molecule has 0 aromatic carbocycles. The molecule has 1 saturated heterocycles. The zero-order valence-corrected chi connectivity index (χ0v) is 9.07. The van der Waals surface area contributed by atoms with Gasteiger partial charge in [-0.2, -0.15) is 0 Å². The van der Waals surface area contributed by atoms with Crippen LogP contribution in [0.4, 0.5) is 5.82 Å². The van der Waals surface area contributed by atoms with Gasteiger partial charge in [0, 0.05) is 19.1 Å². The van der Waals surface area contributed by atoms with Crippen molar-refractivity contribution in [2.75, 3.05) is 32.1 Å². The van der Waals surface area contributed by atoms with Crippen molar-refractivity contribution >= 4 is 17.4 Å². The first-order chi connectivity index (χ1) is 6.66. The van der Waals surface area contributed by atoms with Crippen molar-refractivity contribution in [2.45, 2.75) is 6.04 Å². The lowest BCUT2D eigenvalue weighted by Crippen LogP contribution is -2.57. The number of hydrogen-bond acceptors (Lipinski definition) is 4. The summed E-state index contributed by atoms with van der Waals surface area (Å²) in [5.41, 5.74) is 0. The number of anilines is 1. The molecular weight excluding hydrogens is 200 g/mol. The Morgan fingerprint density at radius 1 is 1.43 bits per heavy atom. The van der Waals surface area contributed by atoms with Crippen LogP contribution >= 0.6 is 11.6 Å². The van der Waals surface area contributed by atoms with E-state index < -0.39 is 0 Å². The lowest BCUT2D eigenvalue weighted by Gasteiger charge is -2.43. The third-order valence-electron chi connectivity index (χ3n) is 2.51. The fraction of sp³-hybridized carbons (Fsp3) is 0.556. The average Bonchev–Trinajstić information content (AvgIpc) is 2.00. The third kappa shape index (κ3) is 1.81. The molecule has 5 heteroatoms. The minimum Gasteiger partial charge on any atom is -0.352 e. The minimum absolute atomic E-state index is 0.454. The van der Waals surface area contributed by atoms with Gasteiger partial charge in [0.25, 0.3) is 0 Å². The molecular formula is C9H13ClN4. The van der Waals surface area contributed by atoms with E-state index in [-0.39, 0.29) is 0 Å². The molecule has 14 heavy (non-hydrogen) atoms. The molecule has 2 rings (SSSR count). The van der Waals surface area contributed by atoms with Gasteiger partial charge in [-0.25, -0.2) is 4.98 Å². The van der Waals surface area contributed by atoms with Crippen LogP contribution in [0, 0.1) is 0 Å². The number of nitrogens with zero attached hydrogens (tertiary/aromatic N) is 4. The van der Waals surface area contributed by atoms with Crippen molar-refractivity contribution in [1.82, 2.24) is 14.9 Å². The molecule has 0 saturated carbocycles. The Labute approximate surface area is 88.5 Å². The second-order valence-corrected chi connectivity index (χ2v) is 4.11. The molecule has 1 aromatic rings. The van der Waals surface area contributed by atoms with Gasteiger partial charge in [0.05, 0.1) is 12.4 Å². The molecule has 1 aliphatic rings. The number of rotatable bonds is 2. The molecule has 0 N–H and O–H groups in total. The summed E-state index contributed by atoms with van der Waals surface area (Å²) < 4.78 is 0. The fourth-order valence-corrected chi connectivity index (χ4v) is 1.60. The third-order valence-corrected chi connectivity index (χ3v) is 2.69. The Kier molecular flexibility index (Phi) is 2.56. The Balaban J connectivity index is 2.00. The van der Waals surface area contributed by atoms with E-state index in [0.717, 1.165) is 18.9 Å². The van der Waals surface area contributed by atoms with Crippen LogP contribution in [0.15, 0.2) is 12.4 Å². The quantitative estimate of drug-likeness (QED) is 0.729. The monoisotopic (exact) mass is 212 g/mol. The van der Waals surface area contributed by atoms with Gasteiger partial charge in [-0.3, -0.25) is 4.98 Å². The van der Waals surface area contributed by atoms with Crippen LogP contribution < -0.4 is 4.90 Å². The van der Waals surface area contributed by atoms with Crippen molar-refractivity contribution in [3.05, 3.63) is 17.5 Å². The van der Waals surface area contributed by atoms with E-state index in [1.165, 1.54) is 0 Å². The predicted octanol–water partition coefficient (Wildman–Crippen LogP) is 0.880. The number of likely N-dealkylation sites (N-methyl/N-ethyl adjacent to an activating group) is 1. The summed E-state index contributed by atoms with van der Waals surface area (Å²) in [5, 5.41) is 0.454. The molecule has 76 valence electrons. The summed E-state index contributed by atoms with van der Waals surface area (Å²) in [5.74, 6) is 0.871. The molecule has 0 aliphatic carbocycles. The zero-order valence-electron chi connectivity index (χ0n) is 8.31. The Morgan fingerprint density at radius 2 is 2.14 bits per heavy atom. The van der Waals surface area contributed by atoms with Crippen LogP contribution in [-0.4, -0.2) is 48.1 Å². The SMILES string of the molecule is CN(C)C1CN(c2cncc(Cl)n2)C1. The second kappa shape index (κ2) is 3.71. The van der Waals surface area contributed by atoms with Gasteiger partial charge in [0.1, 0.15) is 11.0 Å². The zero-order chi connectivity index (χ0) is 10.1. The molecule has 0 unspecified atom stereocenters. The van der Waals surface area contributed by atoms with E-state index in [1.807, 2.05) is 0 Å². The highest BCUT2D eigenvalue weighted by Gasteiger charge is 2.29. The van der Waals surface area contributed by atoms with Gasteiger partial charge in [0.15, 0.2) is 0 Å². The van der Waals surface area contributed by atoms with Gasteiger partial charge < -0.3 is 9.80 Å². The minimum atomic E-state index is 0.454. The molecule has 0 bridgehead atoms. The Morgan fingerprint density at radius 3 is 2.71 bits per heavy atom. The fourth-order valence-electron chi connectivity index (χ4n) is 1.45. The van der Waals surface area contributed by atoms with Gasteiger partial charge in [-0.15, -0.1) is 0 Å². The van der Waals surface area contributed by atoms with E-state index >= 15 is 0 Å². The largest absolute Gasteiger partial charge is 0.352 e. The molecule has 4 nitrogen and oxygen atoms in total. The highest BCUT2D eigenvalue weighted by atomic mass is 35.5. The molecule has 0 atom stereocenters. The molecule has 1 aromatic heterocycles. The van der Waals surface area contributed by atoms with Gasteiger partial charge in [0.2, 0.25) is 0 Å². The predicted molar refractivity (Wildman–Crippen MR) is 56.7 cm³/mol. The summed E-state index contributed by atoms with van der Waals surface area (Å²) in [4.78, 5) is 12.6. The standard InChI is InChI=1S/C9H13ClN4/c1-13(2)7-5-14(6-7)9-4-11-3-8(10)12-9/h3-4,7H,5-6H2,1-2H3. The lowest BCUT2D eigenvalue weighted by atomic mass is 10.1. The van der Waals surface area contributed by atoms with Crippen LogP contribution in [0.5, 0.6) is 0 Å².